The van der Waals surface area contributed by atoms with E-state index in [2.05, 4.69) is 10.6 Å². The molecule has 0 spiro atoms. The molecule has 2 aromatic rings. The monoisotopic (exact) mass is 386 g/mol. The molecule has 0 unspecified atom stereocenters. The molecule has 4 N–H and O–H groups in total. The van der Waals surface area contributed by atoms with Crippen molar-refractivity contribution in [2.75, 3.05) is 6.61 Å². The predicted octanol–water partition coefficient (Wildman–Crippen LogP) is 1.09. The molecule has 0 saturated heterocycles. The van der Waals surface area contributed by atoms with Crippen LogP contribution in [0.2, 0.25) is 0 Å². The number of carbonyl (C=O) groups excluding carboxylic acids is 2. The highest BCUT2D eigenvalue weighted by Crippen LogP contribution is 2.06. The average molecular weight is 386 g/mol. The van der Waals surface area contributed by atoms with Crippen molar-refractivity contribution in [3.8, 4) is 0 Å². The Kier molecular flexibility index (Phi) is 7.98. The standard InChI is InChI=1S/C20H22N2O6/c23-12-17(19(25)26)21-18(24)16(11-14-7-3-1-4-8-14)22-20(27)28-13-15-9-5-2-6-10-15/h1-10,16-17,23H,11-13H2,(H,21,24)(H,22,27)(H,25,26)/t16-,17-/m1/s1. The van der Waals surface area contributed by atoms with Gasteiger partial charge in [-0.1, -0.05) is 60.7 Å². The number of hydrogen-bond acceptors (Lipinski definition) is 5. The summed E-state index contributed by atoms with van der Waals surface area (Å²) < 4.78 is 5.13. The average Bonchev–Trinajstić information content (AvgIpc) is 2.71. The van der Waals surface area contributed by atoms with Crippen molar-refractivity contribution in [3.05, 3.63) is 71.8 Å². The number of aliphatic carboxylic acids is 1. The summed E-state index contributed by atoms with van der Waals surface area (Å²) >= 11 is 0. The molecule has 8 nitrogen and oxygen atoms in total. The summed E-state index contributed by atoms with van der Waals surface area (Å²) in [5.74, 6) is -2.11. The maximum absolute atomic E-state index is 12.5. The number of aliphatic hydroxyl groups is 1. The number of rotatable bonds is 9. The Bertz CT molecular complexity index is 782. The normalized spacial score (nSPS) is 12.5. The molecule has 2 rings (SSSR count). The Labute approximate surface area is 162 Å². The molecule has 0 aliphatic rings. The van der Waals surface area contributed by atoms with Crippen molar-refractivity contribution in [3.63, 3.8) is 0 Å². The van der Waals surface area contributed by atoms with Crippen LogP contribution in [0.1, 0.15) is 11.1 Å². The van der Waals surface area contributed by atoms with Crippen molar-refractivity contribution in [2.24, 2.45) is 0 Å². The first-order valence-corrected chi connectivity index (χ1v) is 8.64. The van der Waals surface area contributed by atoms with E-state index >= 15 is 0 Å². The van der Waals surface area contributed by atoms with Gasteiger partial charge in [-0.2, -0.15) is 0 Å². The first-order chi connectivity index (χ1) is 13.5. The lowest BCUT2D eigenvalue weighted by Crippen LogP contribution is -2.53. The maximum atomic E-state index is 12.5. The highest BCUT2D eigenvalue weighted by Gasteiger charge is 2.26. The van der Waals surface area contributed by atoms with Crippen LogP contribution in [-0.2, 0) is 27.4 Å². The Balaban J connectivity index is 2.03. The van der Waals surface area contributed by atoms with Gasteiger partial charge in [0.25, 0.3) is 0 Å². The van der Waals surface area contributed by atoms with Crippen LogP contribution in [0.25, 0.3) is 0 Å². The molecule has 0 saturated carbocycles. The van der Waals surface area contributed by atoms with E-state index in [1.54, 1.807) is 36.4 Å². The lowest BCUT2D eigenvalue weighted by Gasteiger charge is -2.20. The lowest BCUT2D eigenvalue weighted by atomic mass is 10.1. The van der Waals surface area contributed by atoms with Gasteiger partial charge in [0.05, 0.1) is 6.61 Å². The zero-order chi connectivity index (χ0) is 20.4. The summed E-state index contributed by atoms with van der Waals surface area (Å²) in [5.41, 5.74) is 1.55. The predicted molar refractivity (Wildman–Crippen MR) is 100 cm³/mol. The number of ether oxygens (including phenoxy) is 1. The van der Waals surface area contributed by atoms with Crippen LogP contribution in [0, 0.1) is 0 Å². The number of carboxylic acids is 1. The van der Waals surface area contributed by atoms with Gasteiger partial charge in [-0.15, -0.1) is 0 Å². The van der Waals surface area contributed by atoms with E-state index in [0.29, 0.717) is 0 Å². The molecule has 0 heterocycles. The number of hydrogen-bond donors (Lipinski definition) is 4. The molecule has 8 heteroatoms. The largest absolute Gasteiger partial charge is 0.480 e. The van der Waals surface area contributed by atoms with Crippen LogP contribution < -0.4 is 10.6 Å². The van der Waals surface area contributed by atoms with Gasteiger partial charge < -0.3 is 25.6 Å². The second-order valence-corrected chi connectivity index (χ2v) is 6.03. The lowest BCUT2D eigenvalue weighted by molar-refractivity contribution is -0.143. The van der Waals surface area contributed by atoms with Crippen LogP contribution in [0.15, 0.2) is 60.7 Å². The number of carboxylic acid groups (broad SMARTS) is 1. The number of amides is 2. The second-order valence-electron chi connectivity index (χ2n) is 6.03. The van der Waals surface area contributed by atoms with Gasteiger partial charge in [-0.25, -0.2) is 9.59 Å². The molecule has 0 aromatic heterocycles. The summed E-state index contributed by atoms with van der Waals surface area (Å²) in [7, 11) is 0. The van der Waals surface area contributed by atoms with E-state index in [9.17, 15) is 14.4 Å². The minimum atomic E-state index is -1.46. The van der Waals surface area contributed by atoms with Crippen LogP contribution in [0.3, 0.4) is 0 Å². The third-order valence-corrected chi connectivity index (χ3v) is 3.90. The summed E-state index contributed by atoms with van der Waals surface area (Å²) in [6.45, 7) is -0.738. The van der Waals surface area contributed by atoms with E-state index in [0.717, 1.165) is 11.1 Å². The molecule has 2 atom stereocenters. The first kappa shape index (κ1) is 20.9. The Morgan fingerprint density at radius 3 is 1.96 bits per heavy atom. The number of benzene rings is 2. The second kappa shape index (κ2) is 10.7. The van der Waals surface area contributed by atoms with E-state index < -0.39 is 36.7 Å². The van der Waals surface area contributed by atoms with Crippen LogP contribution in [0.5, 0.6) is 0 Å². The maximum Gasteiger partial charge on any atom is 0.408 e. The van der Waals surface area contributed by atoms with E-state index in [-0.39, 0.29) is 13.0 Å². The minimum absolute atomic E-state index is 0.0285. The van der Waals surface area contributed by atoms with Crippen LogP contribution >= 0.6 is 0 Å². The van der Waals surface area contributed by atoms with Gasteiger partial charge in [0, 0.05) is 6.42 Å². The highest BCUT2D eigenvalue weighted by atomic mass is 16.5. The summed E-state index contributed by atoms with van der Waals surface area (Å²) in [6.07, 6.45) is -0.680. The fourth-order valence-corrected chi connectivity index (χ4v) is 2.42. The number of nitrogens with one attached hydrogen (secondary N) is 2. The van der Waals surface area contributed by atoms with Crippen molar-refractivity contribution in [2.45, 2.75) is 25.1 Å². The van der Waals surface area contributed by atoms with Gasteiger partial charge >= 0.3 is 12.1 Å². The summed E-state index contributed by atoms with van der Waals surface area (Å²) in [4.78, 5) is 35.6. The van der Waals surface area contributed by atoms with Crippen molar-refractivity contribution in [1.82, 2.24) is 10.6 Å². The fraction of sp³-hybridized carbons (Fsp3) is 0.250. The minimum Gasteiger partial charge on any atom is -0.480 e. The summed E-state index contributed by atoms with van der Waals surface area (Å²) in [6, 6.07) is 15.4. The fourth-order valence-electron chi connectivity index (χ4n) is 2.42. The molecular weight excluding hydrogens is 364 g/mol. The Morgan fingerprint density at radius 2 is 1.43 bits per heavy atom. The molecule has 28 heavy (non-hydrogen) atoms. The van der Waals surface area contributed by atoms with Gasteiger partial charge in [0.1, 0.15) is 18.7 Å². The third-order valence-electron chi connectivity index (χ3n) is 3.90. The van der Waals surface area contributed by atoms with Gasteiger partial charge in [0.2, 0.25) is 5.91 Å². The van der Waals surface area contributed by atoms with E-state index in [1.165, 1.54) is 0 Å². The van der Waals surface area contributed by atoms with E-state index in [1.807, 2.05) is 24.3 Å². The molecule has 0 aliphatic carbocycles. The van der Waals surface area contributed by atoms with Gasteiger partial charge in [-0.05, 0) is 11.1 Å². The van der Waals surface area contributed by atoms with Gasteiger partial charge in [-0.3, -0.25) is 4.79 Å². The smallest absolute Gasteiger partial charge is 0.408 e. The molecular formula is C20H22N2O6. The molecule has 148 valence electrons. The Morgan fingerprint density at radius 1 is 0.857 bits per heavy atom. The third kappa shape index (κ3) is 6.73. The molecule has 0 fully saturated rings. The van der Waals surface area contributed by atoms with Crippen LogP contribution in [-0.4, -0.2) is 46.9 Å². The highest BCUT2D eigenvalue weighted by molar-refractivity contribution is 5.89. The summed E-state index contributed by atoms with van der Waals surface area (Å²) in [5, 5.41) is 22.8. The molecule has 2 amide bonds. The zero-order valence-electron chi connectivity index (χ0n) is 15.1. The topological polar surface area (TPSA) is 125 Å². The van der Waals surface area contributed by atoms with E-state index in [4.69, 9.17) is 14.9 Å². The number of alkyl carbamates (subject to hydrolysis) is 1. The first-order valence-electron chi connectivity index (χ1n) is 8.64. The zero-order valence-corrected chi connectivity index (χ0v) is 15.1. The Hall–Kier alpha value is -3.39. The number of carbonyl (C=O) groups is 3. The molecule has 2 aromatic carbocycles. The number of aliphatic hydroxyl groups excluding tert-OH is 1. The molecule has 0 aliphatic heterocycles. The van der Waals surface area contributed by atoms with Gasteiger partial charge in [0.15, 0.2) is 0 Å². The quantitative estimate of drug-likeness (QED) is 0.511. The molecule has 0 bridgehead atoms. The van der Waals surface area contributed by atoms with Crippen LogP contribution in [0.4, 0.5) is 4.79 Å². The van der Waals surface area contributed by atoms with Crippen molar-refractivity contribution >= 4 is 18.0 Å². The SMILES string of the molecule is O=C(N[C@H](Cc1ccccc1)C(=O)N[C@H](CO)C(=O)O)OCc1ccccc1. The van der Waals surface area contributed by atoms with Crippen molar-refractivity contribution < 1.29 is 29.3 Å². The van der Waals surface area contributed by atoms with Crippen molar-refractivity contribution in [1.29, 1.82) is 0 Å². The molecule has 0 radical (unpaired) electrons.